The maximum atomic E-state index is 13.4. The van der Waals surface area contributed by atoms with Gasteiger partial charge < -0.3 is 10.5 Å². The van der Waals surface area contributed by atoms with Gasteiger partial charge in [-0.1, -0.05) is 48.5 Å². The third-order valence-electron chi connectivity index (χ3n) is 6.07. The van der Waals surface area contributed by atoms with Gasteiger partial charge in [0.25, 0.3) is 15.6 Å². The lowest BCUT2D eigenvalue weighted by atomic mass is 10.0. The summed E-state index contributed by atoms with van der Waals surface area (Å²) in [4.78, 5) is 18.0. The first kappa shape index (κ1) is 24.1. The van der Waals surface area contributed by atoms with Crippen molar-refractivity contribution in [3.05, 3.63) is 107 Å². The number of rotatable bonds is 6. The van der Waals surface area contributed by atoms with Gasteiger partial charge >= 0.3 is 0 Å². The van der Waals surface area contributed by atoms with E-state index in [1.54, 1.807) is 73.7 Å². The number of methoxy groups -OCH3 is 1. The van der Waals surface area contributed by atoms with Crippen molar-refractivity contribution in [2.45, 2.75) is 11.8 Å². The number of nitrogen functional groups attached to an aromatic ring is 1. The molecule has 0 bridgehead atoms. The predicted molar refractivity (Wildman–Crippen MR) is 146 cm³/mol. The number of nitrogens with zero attached hydrogens (tertiary/aromatic N) is 2. The van der Waals surface area contributed by atoms with Gasteiger partial charge in [-0.05, 0) is 66.1 Å². The lowest BCUT2D eigenvalue weighted by molar-refractivity contribution is 0.417. The van der Waals surface area contributed by atoms with Crippen molar-refractivity contribution in [3.63, 3.8) is 0 Å². The molecule has 0 saturated heterocycles. The molecular weight excluding hydrogens is 488 g/mol. The number of aromatic nitrogens is 2. The first-order chi connectivity index (χ1) is 17.8. The van der Waals surface area contributed by atoms with Gasteiger partial charge in [0.15, 0.2) is 0 Å². The van der Waals surface area contributed by atoms with Crippen molar-refractivity contribution in [2.24, 2.45) is 0 Å². The molecule has 3 N–H and O–H groups in total. The van der Waals surface area contributed by atoms with Crippen molar-refractivity contribution < 1.29 is 13.2 Å². The molecule has 0 atom stereocenters. The van der Waals surface area contributed by atoms with E-state index in [4.69, 9.17) is 10.5 Å². The molecule has 0 saturated carbocycles. The van der Waals surface area contributed by atoms with E-state index in [1.807, 2.05) is 24.3 Å². The first-order valence-electron chi connectivity index (χ1n) is 11.4. The summed E-state index contributed by atoms with van der Waals surface area (Å²) in [5, 5.41) is 0.383. The molecule has 9 heteroatoms. The average Bonchev–Trinajstić information content (AvgIpc) is 2.89. The summed E-state index contributed by atoms with van der Waals surface area (Å²) >= 11 is 0. The summed E-state index contributed by atoms with van der Waals surface area (Å²) in [6.07, 6.45) is 0. The Labute approximate surface area is 214 Å². The lowest BCUT2D eigenvalue weighted by Gasteiger charge is -2.15. The van der Waals surface area contributed by atoms with E-state index >= 15 is 0 Å². The van der Waals surface area contributed by atoms with Gasteiger partial charge in [0.2, 0.25) is 5.95 Å². The molecule has 186 valence electrons. The van der Waals surface area contributed by atoms with Crippen LogP contribution in [0.15, 0.2) is 101 Å². The van der Waals surface area contributed by atoms with Crippen LogP contribution in [0.1, 0.15) is 5.56 Å². The molecule has 0 aliphatic rings. The van der Waals surface area contributed by atoms with Gasteiger partial charge in [0, 0.05) is 0 Å². The largest absolute Gasteiger partial charge is 0.495 e. The van der Waals surface area contributed by atoms with E-state index in [-0.39, 0.29) is 22.1 Å². The smallest absolute Gasteiger partial charge is 0.267 e. The van der Waals surface area contributed by atoms with Gasteiger partial charge in [0.1, 0.15) is 5.75 Å². The number of fused-ring (bicyclic) bond motifs is 1. The van der Waals surface area contributed by atoms with Crippen LogP contribution in [0.4, 0.5) is 11.6 Å². The summed E-state index contributed by atoms with van der Waals surface area (Å²) in [5.74, 6) is 0.455. The Bertz CT molecular complexity index is 1800. The molecule has 1 heterocycles. The molecule has 0 aliphatic carbocycles. The zero-order chi connectivity index (χ0) is 26.2. The van der Waals surface area contributed by atoms with Gasteiger partial charge in [0.05, 0.1) is 34.3 Å². The Kier molecular flexibility index (Phi) is 6.14. The van der Waals surface area contributed by atoms with E-state index in [1.165, 1.54) is 11.7 Å². The summed E-state index contributed by atoms with van der Waals surface area (Å²) in [7, 11) is -2.39. The second-order valence-corrected chi connectivity index (χ2v) is 10.1. The molecule has 5 rings (SSSR count). The number of nitrogens with two attached hydrogens (primary N) is 1. The topological polar surface area (TPSA) is 116 Å². The molecule has 5 aromatic rings. The Morgan fingerprint density at radius 2 is 1.57 bits per heavy atom. The standard InChI is InChI=1S/C28H24N4O4S/c1-18-8-6-7-11-26(18)37(34,35)31-24-17-20(13-15-25(24)36-2)19-12-14-23-22(16-19)27(33)32(28(29)30-23)21-9-4-3-5-10-21/h3-17,31H,1-2H3,(H2,29,30). The summed E-state index contributed by atoms with van der Waals surface area (Å²) in [6.45, 7) is 1.74. The SMILES string of the molecule is COc1ccc(-c2ccc3nc(N)n(-c4ccccc4)c(=O)c3c2)cc1NS(=O)(=O)c1ccccc1C. The maximum absolute atomic E-state index is 13.4. The fourth-order valence-corrected chi connectivity index (χ4v) is 5.54. The molecule has 8 nitrogen and oxygen atoms in total. The van der Waals surface area contributed by atoms with Gasteiger partial charge in [-0.15, -0.1) is 0 Å². The van der Waals surface area contributed by atoms with Crippen LogP contribution >= 0.6 is 0 Å². The molecule has 0 radical (unpaired) electrons. The van der Waals surface area contributed by atoms with Crippen LogP contribution in [0, 0.1) is 6.92 Å². The monoisotopic (exact) mass is 512 g/mol. The van der Waals surface area contributed by atoms with Gasteiger partial charge in [-0.25, -0.2) is 18.0 Å². The highest BCUT2D eigenvalue weighted by Crippen LogP contribution is 2.33. The number of aryl methyl sites for hydroxylation is 1. The van der Waals surface area contributed by atoms with Gasteiger partial charge in [-0.2, -0.15) is 0 Å². The fourth-order valence-electron chi connectivity index (χ4n) is 4.23. The number of hydrogen-bond donors (Lipinski definition) is 2. The van der Waals surface area contributed by atoms with Crippen LogP contribution in [-0.4, -0.2) is 25.1 Å². The number of nitrogens with one attached hydrogen (secondary N) is 1. The van der Waals surface area contributed by atoms with Gasteiger partial charge in [-0.3, -0.25) is 9.52 Å². The summed E-state index contributed by atoms with van der Waals surface area (Å²) in [6, 6.07) is 26.2. The van der Waals surface area contributed by atoms with E-state index in [9.17, 15) is 13.2 Å². The highest BCUT2D eigenvalue weighted by molar-refractivity contribution is 7.92. The minimum absolute atomic E-state index is 0.0915. The van der Waals surface area contributed by atoms with Crippen molar-refractivity contribution in [2.75, 3.05) is 17.6 Å². The highest BCUT2D eigenvalue weighted by Gasteiger charge is 2.19. The van der Waals surface area contributed by atoms with Crippen LogP contribution in [0.5, 0.6) is 5.75 Å². The van der Waals surface area contributed by atoms with Crippen LogP contribution < -0.4 is 20.8 Å². The zero-order valence-electron chi connectivity index (χ0n) is 20.2. The maximum Gasteiger partial charge on any atom is 0.267 e. The summed E-state index contributed by atoms with van der Waals surface area (Å²) in [5.41, 5.74) is 9.18. The molecule has 0 spiro atoms. The first-order valence-corrected chi connectivity index (χ1v) is 12.9. The Balaban J connectivity index is 1.60. The van der Waals surface area contributed by atoms with E-state index in [0.29, 0.717) is 39.0 Å². The van der Waals surface area contributed by atoms with Crippen LogP contribution in [0.25, 0.3) is 27.7 Å². The minimum Gasteiger partial charge on any atom is -0.495 e. The van der Waals surface area contributed by atoms with Crippen molar-refractivity contribution in [3.8, 4) is 22.6 Å². The predicted octanol–water partition coefficient (Wildman–Crippen LogP) is 4.75. The van der Waals surface area contributed by atoms with Crippen LogP contribution in [0.2, 0.25) is 0 Å². The Hall–Kier alpha value is -4.63. The normalized spacial score (nSPS) is 11.4. The third kappa shape index (κ3) is 4.52. The summed E-state index contributed by atoms with van der Waals surface area (Å²) < 4.78 is 35.7. The van der Waals surface area contributed by atoms with E-state index in [0.717, 1.165) is 0 Å². The highest BCUT2D eigenvalue weighted by atomic mass is 32.2. The molecule has 0 fully saturated rings. The van der Waals surface area contributed by atoms with E-state index in [2.05, 4.69) is 9.71 Å². The fraction of sp³-hybridized carbons (Fsp3) is 0.0714. The Morgan fingerprint density at radius 3 is 2.30 bits per heavy atom. The second kappa shape index (κ2) is 9.44. The zero-order valence-corrected chi connectivity index (χ0v) is 21.0. The van der Waals surface area contributed by atoms with E-state index < -0.39 is 10.0 Å². The quantitative estimate of drug-likeness (QED) is 0.339. The number of anilines is 2. The molecule has 0 unspecified atom stereocenters. The molecular formula is C28H24N4O4S. The van der Waals surface area contributed by atoms with Crippen molar-refractivity contribution >= 4 is 32.6 Å². The molecule has 0 aliphatic heterocycles. The third-order valence-corrected chi connectivity index (χ3v) is 7.59. The molecule has 0 amide bonds. The number of sulfonamides is 1. The molecule has 1 aromatic heterocycles. The molecule has 37 heavy (non-hydrogen) atoms. The van der Waals surface area contributed by atoms with Crippen LogP contribution in [0.3, 0.4) is 0 Å². The number of para-hydroxylation sites is 1. The minimum atomic E-state index is -3.87. The van der Waals surface area contributed by atoms with Crippen molar-refractivity contribution in [1.29, 1.82) is 0 Å². The number of benzene rings is 4. The lowest BCUT2D eigenvalue weighted by Crippen LogP contribution is -2.23. The molecule has 4 aromatic carbocycles. The number of hydrogen-bond acceptors (Lipinski definition) is 6. The van der Waals surface area contributed by atoms with Crippen molar-refractivity contribution in [1.82, 2.24) is 9.55 Å². The second-order valence-electron chi connectivity index (χ2n) is 8.46. The van der Waals surface area contributed by atoms with Crippen LogP contribution in [-0.2, 0) is 10.0 Å². The Morgan fingerprint density at radius 1 is 0.892 bits per heavy atom. The number of ether oxygens (including phenoxy) is 1. The average molecular weight is 513 g/mol.